The highest BCUT2D eigenvalue weighted by molar-refractivity contribution is 7.86. The van der Waals surface area contributed by atoms with Crippen molar-refractivity contribution in [2.24, 2.45) is 0 Å². The molecule has 0 atom stereocenters. The molecule has 8 nitrogen and oxygen atoms in total. The second-order valence-corrected chi connectivity index (χ2v) is 9.54. The Balaban J connectivity index is 1.43. The van der Waals surface area contributed by atoms with Crippen LogP contribution in [0.25, 0.3) is 0 Å². The molecule has 3 rings (SSSR count). The van der Waals surface area contributed by atoms with Gasteiger partial charge in [-0.05, 0) is 29.8 Å². The van der Waals surface area contributed by atoms with Gasteiger partial charge in [-0.1, -0.05) is 44.2 Å². The molecule has 1 aliphatic heterocycles. The summed E-state index contributed by atoms with van der Waals surface area (Å²) in [6.07, 6.45) is 0. The first-order valence-corrected chi connectivity index (χ1v) is 12.4. The molecule has 2 aromatic rings. The lowest BCUT2D eigenvalue weighted by molar-refractivity contribution is -0.117. The molecule has 1 aliphatic rings. The molecule has 32 heavy (non-hydrogen) atoms. The van der Waals surface area contributed by atoms with Crippen molar-refractivity contribution in [3.05, 3.63) is 60.2 Å². The van der Waals surface area contributed by atoms with E-state index in [0.717, 1.165) is 11.3 Å². The number of carbonyl (C=O) groups is 1. The van der Waals surface area contributed by atoms with Crippen molar-refractivity contribution >= 4 is 21.8 Å². The Labute approximate surface area is 190 Å². The van der Waals surface area contributed by atoms with Gasteiger partial charge in [-0.2, -0.15) is 17.0 Å². The van der Waals surface area contributed by atoms with Crippen LogP contribution in [-0.4, -0.2) is 73.6 Å². The Morgan fingerprint density at radius 3 is 2.19 bits per heavy atom. The van der Waals surface area contributed by atoms with Crippen molar-refractivity contribution in [3.8, 4) is 5.75 Å². The molecule has 1 saturated heterocycles. The van der Waals surface area contributed by atoms with Gasteiger partial charge in [0.1, 0.15) is 12.4 Å². The van der Waals surface area contributed by atoms with Crippen LogP contribution < -0.4 is 10.1 Å². The van der Waals surface area contributed by atoms with Gasteiger partial charge in [-0.15, -0.1) is 0 Å². The predicted octanol–water partition coefficient (Wildman–Crippen LogP) is 2.41. The van der Waals surface area contributed by atoms with E-state index in [4.69, 9.17) is 4.74 Å². The molecule has 0 spiro atoms. The van der Waals surface area contributed by atoms with Gasteiger partial charge in [-0.3, -0.25) is 9.69 Å². The first-order chi connectivity index (χ1) is 15.4. The van der Waals surface area contributed by atoms with Crippen LogP contribution in [0.2, 0.25) is 0 Å². The highest BCUT2D eigenvalue weighted by atomic mass is 32.2. The van der Waals surface area contributed by atoms with Gasteiger partial charge in [0, 0.05) is 45.0 Å². The van der Waals surface area contributed by atoms with Crippen LogP contribution in [-0.2, 0) is 21.6 Å². The Bertz CT molecular complexity index is 955. The third-order valence-corrected chi connectivity index (χ3v) is 7.63. The Kier molecular flexibility index (Phi) is 8.63. The van der Waals surface area contributed by atoms with Crippen molar-refractivity contribution in [1.82, 2.24) is 13.5 Å². The van der Waals surface area contributed by atoms with E-state index in [2.05, 4.69) is 5.32 Å². The summed E-state index contributed by atoms with van der Waals surface area (Å²) in [5, 5.41) is 2.89. The van der Waals surface area contributed by atoms with Gasteiger partial charge in [0.25, 0.3) is 10.2 Å². The molecule has 1 N–H and O–H groups in total. The van der Waals surface area contributed by atoms with E-state index in [9.17, 15) is 13.2 Å². The van der Waals surface area contributed by atoms with Gasteiger partial charge in [-0.25, -0.2) is 0 Å². The number of ether oxygens (including phenoxy) is 1. The van der Waals surface area contributed by atoms with E-state index < -0.39 is 10.2 Å². The summed E-state index contributed by atoms with van der Waals surface area (Å²) in [6.45, 7) is 7.13. The molecule has 1 amide bonds. The lowest BCUT2D eigenvalue weighted by Crippen LogP contribution is -2.54. The molecule has 0 bridgehead atoms. The van der Waals surface area contributed by atoms with Crippen molar-refractivity contribution in [2.75, 3.05) is 51.1 Å². The third kappa shape index (κ3) is 6.52. The number of hydrogen-bond acceptors (Lipinski definition) is 5. The second kappa shape index (κ2) is 11.4. The Hall–Kier alpha value is -2.46. The van der Waals surface area contributed by atoms with Crippen LogP contribution in [0.3, 0.4) is 0 Å². The molecule has 0 unspecified atom stereocenters. The van der Waals surface area contributed by atoms with E-state index in [0.29, 0.717) is 51.6 Å². The van der Waals surface area contributed by atoms with E-state index in [1.165, 1.54) is 8.61 Å². The highest BCUT2D eigenvalue weighted by Gasteiger charge is 2.31. The number of hydrogen-bond donors (Lipinski definition) is 1. The summed E-state index contributed by atoms with van der Waals surface area (Å²) in [6, 6.07) is 17.2. The molecular weight excluding hydrogens is 428 g/mol. The van der Waals surface area contributed by atoms with Crippen LogP contribution in [0, 0.1) is 0 Å². The molecule has 174 valence electrons. The summed E-state index contributed by atoms with van der Waals surface area (Å²) in [7, 11) is -3.42. The number of amides is 1. The zero-order valence-corrected chi connectivity index (χ0v) is 19.6. The minimum atomic E-state index is -3.42. The van der Waals surface area contributed by atoms with Crippen LogP contribution in [0.4, 0.5) is 5.69 Å². The average molecular weight is 461 g/mol. The van der Waals surface area contributed by atoms with E-state index >= 15 is 0 Å². The highest BCUT2D eigenvalue weighted by Crippen LogP contribution is 2.17. The number of carbonyl (C=O) groups excluding carboxylic acids is 1. The topological polar surface area (TPSA) is 82.2 Å². The van der Waals surface area contributed by atoms with Gasteiger partial charge < -0.3 is 10.1 Å². The maximum atomic E-state index is 12.6. The smallest absolute Gasteiger partial charge is 0.282 e. The number of rotatable bonds is 10. The zero-order valence-electron chi connectivity index (χ0n) is 18.7. The van der Waals surface area contributed by atoms with E-state index in [-0.39, 0.29) is 12.5 Å². The summed E-state index contributed by atoms with van der Waals surface area (Å²) in [4.78, 5) is 14.4. The lowest BCUT2D eigenvalue weighted by Gasteiger charge is -2.35. The molecule has 0 saturated carbocycles. The number of piperazine rings is 1. The van der Waals surface area contributed by atoms with Crippen molar-refractivity contribution in [3.63, 3.8) is 0 Å². The predicted molar refractivity (Wildman–Crippen MR) is 126 cm³/mol. The monoisotopic (exact) mass is 460 g/mol. The fourth-order valence-corrected chi connectivity index (χ4v) is 5.21. The van der Waals surface area contributed by atoms with Crippen LogP contribution in [0.5, 0.6) is 5.75 Å². The normalized spacial score (nSPS) is 15.6. The number of nitrogens with one attached hydrogen (secondary N) is 1. The van der Waals surface area contributed by atoms with Crippen LogP contribution >= 0.6 is 0 Å². The van der Waals surface area contributed by atoms with Gasteiger partial charge in [0.15, 0.2) is 0 Å². The summed E-state index contributed by atoms with van der Waals surface area (Å²) in [5.74, 6) is 0.611. The molecule has 2 aromatic carbocycles. The molecule has 9 heteroatoms. The van der Waals surface area contributed by atoms with Gasteiger partial charge in [0.2, 0.25) is 5.91 Å². The fourth-order valence-electron chi connectivity index (χ4n) is 3.61. The summed E-state index contributed by atoms with van der Waals surface area (Å²) >= 11 is 0. The maximum absolute atomic E-state index is 12.6. The first kappa shape index (κ1) is 24.2. The molecule has 0 aromatic heterocycles. The van der Waals surface area contributed by atoms with Gasteiger partial charge in [0.05, 0.1) is 6.54 Å². The van der Waals surface area contributed by atoms with Crippen LogP contribution in [0.1, 0.15) is 19.4 Å². The quantitative estimate of drug-likeness (QED) is 0.589. The second-order valence-electron chi connectivity index (χ2n) is 7.61. The number of anilines is 1. The summed E-state index contributed by atoms with van der Waals surface area (Å²) in [5.41, 5.74) is 1.79. The standard InChI is InChI=1S/C23H32N4O4S/c1-3-26(4-2)32(29,30)27-16-14-25(15-17-27)18-23(28)24-21-10-12-22(13-11-21)31-19-20-8-6-5-7-9-20/h5-13H,3-4,14-19H2,1-2H3,(H,24,28). The fraction of sp³-hybridized carbons (Fsp3) is 0.435. The molecule has 0 aliphatic carbocycles. The number of benzene rings is 2. The van der Waals surface area contributed by atoms with Crippen LogP contribution in [0.15, 0.2) is 54.6 Å². The summed E-state index contributed by atoms with van der Waals surface area (Å²) < 4.78 is 34.0. The van der Waals surface area contributed by atoms with Gasteiger partial charge >= 0.3 is 0 Å². The first-order valence-electron chi connectivity index (χ1n) is 11.0. The van der Waals surface area contributed by atoms with Crippen molar-refractivity contribution < 1.29 is 17.9 Å². The Morgan fingerprint density at radius 2 is 1.59 bits per heavy atom. The van der Waals surface area contributed by atoms with E-state index in [1.54, 1.807) is 0 Å². The molecule has 0 radical (unpaired) electrons. The Morgan fingerprint density at radius 1 is 0.969 bits per heavy atom. The minimum absolute atomic E-state index is 0.122. The van der Waals surface area contributed by atoms with E-state index in [1.807, 2.05) is 73.3 Å². The third-order valence-electron chi connectivity index (χ3n) is 5.44. The largest absolute Gasteiger partial charge is 0.489 e. The number of nitrogens with zero attached hydrogens (tertiary/aromatic N) is 3. The SMILES string of the molecule is CCN(CC)S(=O)(=O)N1CCN(CC(=O)Nc2ccc(OCc3ccccc3)cc2)CC1. The average Bonchev–Trinajstić information content (AvgIpc) is 2.80. The minimum Gasteiger partial charge on any atom is -0.489 e. The zero-order chi connectivity index (χ0) is 23.0. The van der Waals surface area contributed by atoms with Crippen molar-refractivity contribution in [2.45, 2.75) is 20.5 Å². The van der Waals surface area contributed by atoms with Crippen molar-refractivity contribution in [1.29, 1.82) is 0 Å². The molecule has 1 heterocycles. The molecular formula is C23H32N4O4S. The maximum Gasteiger partial charge on any atom is 0.282 e. The lowest BCUT2D eigenvalue weighted by atomic mass is 10.2. The molecule has 1 fully saturated rings.